The van der Waals surface area contributed by atoms with E-state index in [1.54, 1.807) is 6.07 Å². The summed E-state index contributed by atoms with van der Waals surface area (Å²) in [5.41, 5.74) is 0.0683. The maximum absolute atomic E-state index is 10.9. The zero-order valence-electron chi connectivity index (χ0n) is 8.99. The van der Waals surface area contributed by atoms with E-state index in [2.05, 4.69) is 15.3 Å². The third kappa shape index (κ3) is 2.93. The van der Waals surface area contributed by atoms with Crippen LogP contribution in [-0.2, 0) is 10.1 Å². The van der Waals surface area contributed by atoms with Crippen molar-refractivity contribution in [3.05, 3.63) is 47.0 Å². The first kappa shape index (κ1) is 12.3. The molecule has 0 amide bonds. The summed E-state index contributed by atoms with van der Waals surface area (Å²) in [6, 6.07) is 6.97. The van der Waals surface area contributed by atoms with E-state index in [1.807, 2.05) is 0 Å². The number of rotatable bonds is 3. The van der Waals surface area contributed by atoms with Crippen LogP contribution in [0.1, 0.15) is 0 Å². The molecule has 0 radical (unpaired) electrons. The summed E-state index contributed by atoms with van der Waals surface area (Å²) in [6.07, 6.45) is 1.34. The average molecular weight is 267 g/mol. The molecule has 1 aromatic carbocycles. The molecule has 0 saturated carbocycles. The second kappa shape index (κ2) is 4.59. The minimum atomic E-state index is -4.19. The predicted octanol–water partition coefficient (Wildman–Crippen LogP) is 0.760. The lowest BCUT2D eigenvalue weighted by molar-refractivity contribution is 0.483. The molecule has 8 heteroatoms. The summed E-state index contributed by atoms with van der Waals surface area (Å²) in [6.45, 7) is 0. The molecule has 2 rings (SSSR count). The molecule has 0 aliphatic heterocycles. The predicted molar refractivity (Wildman–Crippen MR) is 64.4 cm³/mol. The molecule has 3 N–H and O–H groups in total. The van der Waals surface area contributed by atoms with E-state index in [-0.39, 0.29) is 4.90 Å². The first-order chi connectivity index (χ1) is 8.45. The van der Waals surface area contributed by atoms with Gasteiger partial charge in [-0.05, 0) is 30.3 Å². The van der Waals surface area contributed by atoms with Gasteiger partial charge in [0.1, 0.15) is 5.82 Å². The highest BCUT2D eigenvalue weighted by Gasteiger charge is 2.08. The molecule has 1 aromatic heterocycles. The molecule has 0 atom stereocenters. The van der Waals surface area contributed by atoms with Crippen LogP contribution in [0.2, 0.25) is 0 Å². The van der Waals surface area contributed by atoms with Crippen LogP contribution in [0, 0.1) is 0 Å². The maximum atomic E-state index is 10.9. The van der Waals surface area contributed by atoms with Gasteiger partial charge < -0.3 is 5.32 Å². The van der Waals surface area contributed by atoms with E-state index in [9.17, 15) is 13.2 Å². The molecule has 0 fully saturated rings. The fraction of sp³-hybridized carbons (Fsp3) is 0. The molecule has 0 bridgehead atoms. The fourth-order valence-electron chi connectivity index (χ4n) is 1.31. The Morgan fingerprint density at radius 1 is 1.17 bits per heavy atom. The molecule has 0 aliphatic carbocycles. The topological polar surface area (TPSA) is 112 Å². The first-order valence-corrected chi connectivity index (χ1v) is 6.29. The van der Waals surface area contributed by atoms with Crippen molar-refractivity contribution in [2.75, 3.05) is 5.32 Å². The lowest BCUT2D eigenvalue weighted by Gasteiger charge is -2.05. The number of anilines is 2. The van der Waals surface area contributed by atoms with Crippen LogP contribution < -0.4 is 11.0 Å². The van der Waals surface area contributed by atoms with Crippen LogP contribution in [0.25, 0.3) is 0 Å². The second-order valence-electron chi connectivity index (χ2n) is 3.41. The molecular weight excluding hydrogens is 258 g/mol. The quantitative estimate of drug-likeness (QED) is 0.708. The number of aromatic nitrogens is 2. The van der Waals surface area contributed by atoms with Crippen molar-refractivity contribution < 1.29 is 13.0 Å². The van der Waals surface area contributed by atoms with Crippen molar-refractivity contribution in [2.45, 2.75) is 4.90 Å². The Balaban J connectivity index is 2.24. The summed E-state index contributed by atoms with van der Waals surface area (Å²) in [4.78, 5) is 16.7. The average Bonchev–Trinajstić information content (AvgIpc) is 2.28. The highest BCUT2D eigenvalue weighted by Crippen LogP contribution is 2.16. The number of nitrogens with one attached hydrogen (secondary N) is 2. The molecule has 18 heavy (non-hydrogen) atoms. The monoisotopic (exact) mass is 267 g/mol. The van der Waals surface area contributed by atoms with Crippen LogP contribution in [-0.4, -0.2) is 22.9 Å². The second-order valence-corrected chi connectivity index (χ2v) is 4.83. The molecule has 0 unspecified atom stereocenters. The Morgan fingerprint density at radius 2 is 1.83 bits per heavy atom. The molecular formula is C10H9N3O4S. The van der Waals surface area contributed by atoms with Crippen LogP contribution in [0.15, 0.2) is 46.2 Å². The zero-order chi connectivity index (χ0) is 13.2. The largest absolute Gasteiger partial charge is 0.346 e. The summed E-state index contributed by atoms with van der Waals surface area (Å²) in [5, 5.41) is 2.85. The lowest BCUT2D eigenvalue weighted by atomic mass is 10.3. The molecule has 2 aromatic rings. The van der Waals surface area contributed by atoms with Crippen molar-refractivity contribution in [2.24, 2.45) is 0 Å². The molecule has 94 valence electrons. The Morgan fingerprint density at radius 3 is 2.39 bits per heavy atom. The van der Waals surface area contributed by atoms with E-state index >= 15 is 0 Å². The van der Waals surface area contributed by atoms with Gasteiger partial charge in [0, 0.05) is 11.9 Å². The lowest BCUT2D eigenvalue weighted by Crippen LogP contribution is -2.10. The first-order valence-electron chi connectivity index (χ1n) is 4.85. The summed E-state index contributed by atoms with van der Waals surface area (Å²) in [7, 11) is -4.19. The van der Waals surface area contributed by atoms with Crippen LogP contribution in [0.3, 0.4) is 0 Å². The third-order valence-corrected chi connectivity index (χ3v) is 2.97. The molecule has 0 aliphatic rings. The summed E-state index contributed by atoms with van der Waals surface area (Å²) < 4.78 is 30.5. The van der Waals surface area contributed by atoms with Gasteiger partial charge in [0.15, 0.2) is 0 Å². The van der Waals surface area contributed by atoms with Crippen molar-refractivity contribution in [1.29, 1.82) is 0 Å². The van der Waals surface area contributed by atoms with Gasteiger partial charge in [-0.15, -0.1) is 0 Å². The third-order valence-electron chi connectivity index (χ3n) is 2.11. The van der Waals surface area contributed by atoms with Gasteiger partial charge >= 0.3 is 5.69 Å². The maximum Gasteiger partial charge on any atom is 0.346 e. The van der Waals surface area contributed by atoms with Crippen LogP contribution in [0.4, 0.5) is 11.5 Å². The number of benzene rings is 1. The van der Waals surface area contributed by atoms with Gasteiger partial charge in [-0.2, -0.15) is 8.42 Å². The fourth-order valence-corrected chi connectivity index (χ4v) is 1.79. The number of hydrogen-bond donors (Lipinski definition) is 3. The van der Waals surface area contributed by atoms with Crippen molar-refractivity contribution >= 4 is 21.6 Å². The molecule has 0 spiro atoms. The van der Waals surface area contributed by atoms with E-state index in [0.29, 0.717) is 11.5 Å². The minimum absolute atomic E-state index is 0.198. The van der Waals surface area contributed by atoms with Gasteiger partial charge in [-0.1, -0.05) is 0 Å². The van der Waals surface area contributed by atoms with E-state index in [1.165, 1.54) is 30.5 Å². The molecule has 7 nitrogen and oxygen atoms in total. The van der Waals surface area contributed by atoms with Crippen LogP contribution in [0.5, 0.6) is 0 Å². The van der Waals surface area contributed by atoms with Crippen molar-refractivity contribution in [3.63, 3.8) is 0 Å². The standard InChI is InChI=1S/C10H9N3O4S/c14-10-11-6-5-9(13-10)12-7-1-3-8(4-2-7)18(15,16)17/h1-6H,(H,15,16,17)(H2,11,12,13,14). The van der Waals surface area contributed by atoms with E-state index in [4.69, 9.17) is 4.55 Å². The smallest absolute Gasteiger partial charge is 0.342 e. The summed E-state index contributed by atoms with van der Waals surface area (Å²) >= 11 is 0. The molecule has 1 heterocycles. The number of aromatic amines is 1. The van der Waals surface area contributed by atoms with E-state index < -0.39 is 15.8 Å². The van der Waals surface area contributed by atoms with E-state index in [0.717, 1.165) is 0 Å². The van der Waals surface area contributed by atoms with Gasteiger partial charge in [0.2, 0.25) is 0 Å². The molecule has 0 saturated heterocycles. The van der Waals surface area contributed by atoms with Crippen LogP contribution >= 0.6 is 0 Å². The highest BCUT2D eigenvalue weighted by atomic mass is 32.2. The van der Waals surface area contributed by atoms with Gasteiger partial charge in [-0.3, -0.25) is 9.54 Å². The normalized spacial score (nSPS) is 11.2. The van der Waals surface area contributed by atoms with Gasteiger partial charge in [0.25, 0.3) is 10.1 Å². The number of H-pyrrole nitrogens is 1. The number of nitrogens with zero attached hydrogens (tertiary/aromatic N) is 1. The SMILES string of the molecule is O=c1nccc(Nc2ccc(S(=O)(=O)O)cc2)[nH]1. The number of hydrogen-bond acceptors (Lipinski definition) is 5. The van der Waals surface area contributed by atoms with Crippen molar-refractivity contribution in [3.8, 4) is 0 Å². The van der Waals surface area contributed by atoms with Gasteiger partial charge in [-0.25, -0.2) is 9.78 Å². The Hall–Kier alpha value is -2.19. The van der Waals surface area contributed by atoms with Crippen molar-refractivity contribution in [1.82, 2.24) is 9.97 Å². The Bertz CT molecular complexity index is 706. The van der Waals surface area contributed by atoms with Gasteiger partial charge in [0.05, 0.1) is 4.90 Å². The Kier molecular flexibility index (Phi) is 3.13. The zero-order valence-corrected chi connectivity index (χ0v) is 9.81. The highest BCUT2D eigenvalue weighted by molar-refractivity contribution is 7.85. The summed E-state index contributed by atoms with van der Waals surface area (Å²) in [5.74, 6) is 0.426. The Labute approximate surface area is 102 Å². The minimum Gasteiger partial charge on any atom is -0.342 e.